The summed E-state index contributed by atoms with van der Waals surface area (Å²) in [7, 11) is 3.29. The highest BCUT2D eigenvalue weighted by Gasteiger charge is 2.06. The molecule has 84 valence electrons. The predicted molar refractivity (Wildman–Crippen MR) is 59.8 cm³/mol. The average Bonchev–Trinajstić information content (AvgIpc) is 2.24. The molecule has 0 saturated heterocycles. The van der Waals surface area contributed by atoms with E-state index in [0.717, 1.165) is 5.82 Å². The molecular weight excluding hydrogens is 194 g/mol. The van der Waals surface area contributed by atoms with Crippen molar-refractivity contribution in [3.8, 4) is 0 Å². The van der Waals surface area contributed by atoms with E-state index in [1.807, 2.05) is 0 Å². The van der Waals surface area contributed by atoms with Gasteiger partial charge in [0, 0.05) is 38.7 Å². The number of methoxy groups -OCH3 is 2. The van der Waals surface area contributed by atoms with Gasteiger partial charge in [-0.05, 0) is 6.07 Å². The minimum absolute atomic E-state index is 0.0123. The summed E-state index contributed by atoms with van der Waals surface area (Å²) in [6, 6.07) is 3.52. The number of nitrogens with one attached hydrogen (secondary N) is 1. The van der Waals surface area contributed by atoms with Crippen LogP contribution < -0.4 is 11.1 Å². The van der Waals surface area contributed by atoms with Gasteiger partial charge < -0.3 is 20.5 Å². The van der Waals surface area contributed by atoms with Crippen LogP contribution in [0.1, 0.15) is 0 Å². The second-order valence-electron chi connectivity index (χ2n) is 3.17. The molecule has 5 nitrogen and oxygen atoms in total. The Hall–Kier alpha value is -1.33. The predicted octanol–water partition coefficient (Wildman–Crippen LogP) is 0.737. The summed E-state index contributed by atoms with van der Waals surface area (Å²) in [5.74, 6) is 0.744. The first-order valence-electron chi connectivity index (χ1n) is 4.73. The molecule has 5 heteroatoms. The van der Waals surface area contributed by atoms with E-state index in [-0.39, 0.29) is 6.10 Å². The fraction of sp³-hybridized carbons (Fsp3) is 0.500. The zero-order valence-electron chi connectivity index (χ0n) is 9.06. The van der Waals surface area contributed by atoms with Crippen LogP contribution in [0, 0.1) is 0 Å². The van der Waals surface area contributed by atoms with Crippen LogP contribution in [-0.4, -0.2) is 38.5 Å². The van der Waals surface area contributed by atoms with E-state index in [9.17, 15) is 0 Å². The summed E-state index contributed by atoms with van der Waals surface area (Å²) in [5.41, 5.74) is 6.31. The molecule has 0 aliphatic rings. The second-order valence-corrected chi connectivity index (χ2v) is 3.17. The van der Waals surface area contributed by atoms with E-state index in [4.69, 9.17) is 15.2 Å². The molecule has 0 aliphatic heterocycles. The Kier molecular flexibility index (Phi) is 4.86. The first-order valence-corrected chi connectivity index (χ1v) is 4.73. The maximum atomic E-state index is 5.62. The normalized spacial score (nSPS) is 12.4. The van der Waals surface area contributed by atoms with Gasteiger partial charge >= 0.3 is 0 Å². The molecule has 0 radical (unpaired) electrons. The number of nitrogen functional groups attached to an aromatic ring is 1. The quantitative estimate of drug-likeness (QED) is 0.726. The molecule has 0 aliphatic carbocycles. The summed E-state index contributed by atoms with van der Waals surface area (Å²) in [6.07, 6.45) is 1.67. The second kappa shape index (κ2) is 6.21. The van der Waals surface area contributed by atoms with Crippen LogP contribution in [0.3, 0.4) is 0 Å². The number of hydrogen-bond acceptors (Lipinski definition) is 5. The third kappa shape index (κ3) is 4.14. The van der Waals surface area contributed by atoms with Gasteiger partial charge in [0.1, 0.15) is 5.82 Å². The highest BCUT2D eigenvalue weighted by atomic mass is 16.5. The Bertz CT molecular complexity index is 294. The van der Waals surface area contributed by atoms with Crippen molar-refractivity contribution in [2.75, 3.05) is 38.4 Å². The largest absolute Gasteiger partial charge is 0.399 e. The van der Waals surface area contributed by atoms with Gasteiger partial charge in [0.25, 0.3) is 0 Å². The third-order valence-electron chi connectivity index (χ3n) is 1.98. The van der Waals surface area contributed by atoms with E-state index in [0.29, 0.717) is 18.8 Å². The van der Waals surface area contributed by atoms with Gasteiger partial charge in [0.15, 0.2) is 0 Å². The van der Waals surface area contributed by atoms with Crippen molar-refractivity contribution in [3.63, 3.8) is 0 Å². The number of nitrogens with two attached hydrogens (primary N) is 1. The summed E-state index contributed by atoms with van der Waals surface area (Å²) < 4.78 is 10.2. The Morgan fingerprint density at radius 2 is 2.33 bits per heavy atom. The minimum atomic E-state index is 0.0123. The van der Waals surface area contributed by atoms with Crippen LogP contribution in [0.25, 0.3) is 0 Å². The molecule has 0 amide bonds. The van der Waals surface area contributed by atoms with Gasteiger partial charge in [-0.15, -0.1) is 0 Å². The van der Waals surface area contributed by atoms with Crippen LogP contribution in [0.2, 0.25) is 0 Å². The number of nitrogens with zero attached hydrogens (tertiary/aromatic N) is 1. The lowest BCUT2D eigenvalue weighted by Crippen LogP contribution is -2.26. The van der Waals surface area contributed by atoms with Crippen molar-refractivity contribution < 1.29 is 9.47 Å². The summed E-state index contributed by atoms with van der Waals surface area (Å²) in [5, 5.41) is 3.13. The number of ether oxygens (including phenoxy) is 2. The van der Waals surface area contributed by atoms with E-state index in [2.05, 4.69) is 10.3 Å². The lowest BCUT2D eigenvalue weighted by atomic mass is 10.3. The number of rotatable bonds is 6. The molecule has 0 spiro atoms. The topological polar surface area (TPSA) is 69.4 Å². The van der Waals surface area contributed by atoms with Gasteiger partial charge in [-0.3, -0.25) is 0 Å². The van der Waals surface area contributed by atoms with E-state index >= 15 is 0 Å². The van der Waals surface area contributed by atoms with Crippen molar-refractivity contribution in [2.45, 2.75) is 6.10 Å². The molecule has 0 aromatic carbocycles. The summed E-state index contributed by atoms with van der Waals surface area (Å²) >= 11 is 0. The van der Waals surface area contributed by atoms with E-state index < -0.39 is 0 Å². The van der Waals surface area contributed by atoms with Gasteiger partial charge in [-0.2, -0.15) is 0 Å². The maximum absolute atomic E-state index is 5.62. The first-order chi connectivity index (χ1) is 7.26. The van der Waals surface area contributed by atoms with Crippen LogP contribution in [0.5, 0.6) is 0 Å². The zero-order valence-corrected chi connectivity index (χ0v) is 9.06. The van der Waals surface area contributed by atoms with Crippen molar-refractivity contribution >= 4 is 11.5 Å². The highest BCUT2D eigenvalue weighted by Crippen LogP contribution is 2.07. The number of pyridine rings is 1. The van der Waals surface area contributed by atoms with Crippen molar-refractivity contribution in [2.24, 2.45) is 0 Å². The SMILES string of the molecule is COCC(CNc1cc(N)ccn1)OC. The molecule has 1 rings (SSSR count). The molecule has 1 unspecified atom stereocenters. The van der Waals surface area contributed by atoms with Gasteiger partial charge in [-0.1, -0.05) is 0 Å². The highest BCUT2D eigenvalue weighted by molar-refractivity contribution is 5.48. The van der Waals surface area contributed by atoms with E-state index in [1.54, 1.807) is 32.5 Å². The smallest absolute Gasteiger partial charge is 0.128 e. The average molecular weight is 211 g/mol. The number of aromatic nitrogens is 1. The molecule has 1 aromatic heterocycles. The minimum Gasteiger partial charge on any atom is -0.399 e. The summed E-state index contributed by atoms with van der Waals surface area (Å²) in [6.45, 7) is 1.19. The maximum Gasteiger partial charge on any atom is 0.128 e. The van der Waals surface area contributed by atoms with Crippen LogP contribution in [-0.2, 0) is 9.47 Å². The molecular formula is C10H17N3O2. The van der Waals surface area contributed by atoms with Gasteiger partial charge in [-0.25, -0.2) is 4.98 Å². The molecule has 0 saturated carbocycles. The Labute approximate surface area is 89.6 Å². The molecule has 1 heterocycles. The van der Waals surface area contributed by atoms with E-state index in [1.165, 1.54) is 0 Å². The fourth-order valence-corrected chi connectivity index (χ4v) is 1.16. The van der Waals surface area contributed by atoms with Crippen LogP contribution >= 0.6 is 0 Å². The van der Waals surface area contributed by atoms with Crippen molar-refractivity contribution in [3.05, 3.63) is 18.3 Å². The Balaban J connectivity index is 2.41. The lowest BCUT2D eigenvalue weighted by molar-refractivity contribution is 0.0365. The summed E-state index contributed by atoms with van der Waals surface area (Å²) in [4.78, 5) is 4.12. The molecule has 15 heavy (non-hydrogen) atoms. The third-order valence-corrected chi connectivity index (χ3v) is 1.98. The fourth-order valence-electron chi connectivity index (χ4n) is 1.16. The Morgan fingerprint density at radius 3 is 2.93 bits per heavy atom. The molecule has 1 aromatic rings. The van der Waals surface area contributed by atoms with Crippen molar-refractivity contribution in [1.29, 1.82) is 0 Å². The molecule has 0 bridgehead atoms. The monoisotopic (exact) mass is 211 g/mol. The molecule has 0 fully saturated rings. The standard InChI is InChI=1S/C10H17N3O2/c1-14-7-9(15-2)6-13-10-5-8(11)3-4-12-10/h3-5,9H,6-7H2,1-2H3,(H3,11,12,13). The molecule has 3 N–H and O–H groups in total. The first kappa shape index (κ1) is 11.7. The van der Waals surface area contributed by atoms with Crippen molar-refractivity contribution in [1.82, 2.24) is 4.98 Å². The van der Waals surface area contributed by atoms with Gasteiger partial charge in [0.2, 0.25) is 0 Å². The molecule has 1 atom stereocenters. The zero-order chi connectivity index (χ0) is 11.1. The Morgan fingerprint density at radius 1 is 1.53 bits per heavy atom. The number of anilines is 2. The lowest BCUT2D eigenvalue weighted by Gasteiger charge is -2.15. The number of hydrogen-bond donors (Lipinski definition) is 2. The van der Waals surface area contributed by atoms with Crippen LogP contribution in [0.4, 0.5) is 11.5 Å². The van der Waals surface area contributed by atoms with Crippen LogP contribution in [0.15, 0.2) is 18.3 Å². The van der Waals surface area contributed by atoms with Gasteiger partial charge in [0.05, 0.1) is 12.7 Å².